The number of aromatic nitrogens is 1. The van der Waals surface area contributed by atoms with Gasteiger partial charge in [-0.25, -0.2) is 0 Å². The molecule has 0 aliphatic heterocycles. The average Bonchev–Trinajstić information content (AvgIpc) is 2.73. The first-order valence-corrected chi connectivity index (χ1v) is 8.77. The molecule has 0 saturated heterocycles. The monoisotopic (exact) mass is 375 g/mol. The highest BCUT2D eigenvalue weighted by Gasteiger charge is 2.08. The summed E-state index contributed by atoms with van der Waals surface area (Å²) < 4.78 is 0. The highest BCUT2D eigenvalue weighted by atomic mass is 16.2. The number of hydrogen-bond acceptors (Lipinski definition) is 5. The van der Waals surface area contributed by atoms with Gasteiger partial charge in [-0.2, -0.15) is 0 Å². The van der Waals surface area contributed by atoms with Gasteiger partial charge in [0, 0.05) is 24.5 Å². The molecule has 142 valence electrons. The fraction of sp³-hybridized carbons (Fsp3) is 0.0952. The van der Waals surface area contributed by atoms with Crippen molar-refractivity contribution < 1.29 is 9.59 Å². The van der Waals surface area contributed by atoms with E-state index in [2.05, 4.69) is 20.9 Å². The molecular weight excluding hydrogens is 354 g/mol. The SMILES string of the molecule is Nc1ccccc1NC(=O)c1ccc(CNC(=O)CNc2cccnc2)cc1. The van der Waals surface area contributed by atoms with Crippen LogP contribution in [0.4, 0.5) is 17.1 Å². The van der Waals surface area contributed by atoms with Crippen LogP contribution in [0.5, 0.6) is 0 Å². The van der Waals surface area contributed by atoms with E-state index in [4.69, 9.17) is 5.73 Å². The van der Waals surface area contributed by atoms with Crippen LogP contribution in [0.2, 0.25) is 0 Å². The van der Waals surface area contributed by atoms with Crippen LogP contribution in [0.1, 0.15) is 15.9 Å². The Morgan fingerprint density at radius 1 is 0.964 bits per heavy atom. The molecule has 0 unspecified atom stereocenters. The zero-order chi connectivity index (χ0) is 19.8. The minimum absolute atomic E-state index is 0.134. The lowest BCUT2D eigenvalue weighted by Gasteiger charge is -2.09. The molecule has 1 heterocycles. The second-order valence-electron chi connectivity index (χ2n) is 6.11. The van der Waals surface area contributed by atoms with Gasteiger partial charge in [-0.15, -0.1) is 0 Å². The summed E-state index contributed by atoms with van der Waals surface area (Å²) in [5.74, 6) is -0.376. The van der Waals surface area contributed by atoms with Gasteiger partial charge in [-0.05, 0) is 42.0 Å². The minimum Gasteiger partial charge on any atom is -0.397 e. The number of carbonyl (C=O) groups excluding carboxylic acids is 2. The number of nitrogens with zero attached hydrogens (tertiary/aromatic N) is 1. The number of nitrogen functional groups attached to an aromatic ring is 1. The molecule has 0 aliphatic rings. The summed E-state index contributed by atoms with van der Waals surface area (Å²) in [6.45, 7) is 0.533. The van der Waals surface area contributed by atoms with Gasteiger partial charge in [0.15, 0.2) is 0 Å². The lowest BCUT2D eigenvalue weighted by Crippen LogP contribution is -2.29. The molecule has 1 aromatic heterocycles. The number of nitrogens with two attached hydrogens (primary N) is 1. The highest BCUT2D eigenvalue weighted by molar-refractivity contribution is 6.05. The van der Waals surface area contributed by atoms with Gasteiger partial charge in [0.2, 0.25) is 5.91 Å². The van der Waals surface area contributed by atoms with Crippen LogP contribution in [0.25, 0.3) is 0 Å². The molecule has 0 fully saturated rings. The summed E-state index contributed by atoms with van der Waals surface area (Å²) in [5, 5.41) is 8.60. The molecule has 0 aliphatic carbocycles. The zero-order valence-corrected chi connectivity index (χ0v) is 15.2. The molecule has 0 atom stereocenters. The number of pyridine rings is 1. The molecule has 7 nitrogen and oxygen atoms in total. The predicted molar refractivity (Wildman–Crippen MR) is 110 cm³/mol. The van der Waals surface area contributed by atoms with E-state index in [9.17, 15) is 9.59 Å². The maximum Gasteiger partial charge on any atom is 0.255 e. The summed E-state index contributed by atoms with van der Waals surface area (Å²) in [5.41, 5.74) is 9.11. The molecule has 0 saturated carbocycles. The van der Waals surface area contributed by atoms with Gasteiger partial charge in [0.25, 0.3) is 5.91 Å². The van der Waals surface area contributed by atoms with Crippen LogP contribution >= 0.6 is 0 Å². The van der Waals surface area contributed by atoms with Crippen LogP contribution < -0.4 is 21.7 Å². The first-order chi connectivity index (χ1) is 13.6. The third-order valence-corrected chi connectivity index (χ3v) is 4.03. The Morgan fingerprint density at radius 2 is 1.75 bits per heavy atom. The Bertz CT molecular complexity index is 943. The lowest BCUT2D eigenvalue weighted by molar-refractivity contribution is -0.119. The van der Waals surface area contributed by atoms with Crippen LogP contribution in [0, 0.1) is 0 Å². The third-order valence-electron chi connectivity index (χ3n) is 4.03. The van der Waals surface area contributed by atoms with Gasteiger partial charge >= 0.3 is 0 Å². The Balaban J connectivity index is 1.48. The van der Waals surface area contributed by atoms with E-state index in [0.717, 1.165) is 11.3 Å². The quantitative estimate of drug-likeness (QED) is 0.475. The lowest BCUT2D eigenvalue weighted by atomic mass is 10.1. The molecular formula is C21H21N5O2. The molecule has 5 N–H and O–H groups in total. The van der Waals surface area contributed by atoms with E-state index in [1.54, 1.807) is 67.0 Å². The molecule has 0 radical (unpaired) electrons. The third kappa shape index (κ3) is 5.31. The van der Waals surface area contributed by atoms with E-state index in [1.807, 2.05) is 6.07 Å². The number of para-hydroxylation sites is 2. The molecule has 0 spiro atoms. The van der Waals surface area contributed by atoms with E-state index in [-0.39, 0.29) is 18.4 Å². The van der Waals surface area contributed by atoms with Gasteiger partial charge < -0.3 is 21.7 Å². The summed E-state index contributed by atoms with van der Waals surface area (Å²) in [6.07, 6.45) is 3.32. The van der Waals surface area contributed by atoms with Gasteiger partial charge in [-0.3, -0.25) is 14.6 Å². The molecule has 28 heavy (non-hydrogen) atoms. The van der Waals surface area contributed by atoms with Crippen LogP contribution in [-0.2, 0) is 11.3 Å². The zero-order valence-electron chi connectivity index (χ0n) is 15.2. The molecule has 3 aromatic rings. The second-order valence-corrected chi connectivity index (χ2v) is 6.11. The van der Waals surface area contributed by atoms with Crippen molar-refractivity contribution in [2.45, 2.75) is 6.54 Å². The summed E-state index contributed by atoms with van der Waals surface area (Å²) >= 11 is 0. The standard InChI is InChI=1S/C21H21N5O2/c22-18-5-1-2-6-19(18)26-21(28)16-9-7-15(8-10-16)12-25-20(27)14-24-17-4-3-11-23-13-17/h1-11,13,24H,12,14,22H2,(H,25,27)(H,26,28). The van der Waals surface area contributed by atoms with E-state index in [0.29, 0.717) is 23.5 Å². The first kappa shape index (κ1) is 18.9. The number of anilines is 3. The Morgan fingerprint density at radius 3 is 2.46 bits per heavy atom. The topological polar surface area (TPSA) is 109 Å². The average molecular weight is 375 g/mol. The Hall–Kier alpha value is -3.87. The number of benzene rings is 2. The van der Waals surface area contributed by atoms with Crippen molar-refractivity contribution in [3.05, 3.63) is 84.2 Å². The van der Waals surface area contributed by atoms with Crippen molar-refractivity contribution in [1.82, 2.24) is 10.3 Å². The Labute approximate surface area is 163 Å². The predicted octanol–water partition coefficient (Wildman–Crippen LogP) is 2.64. The number of amides is 2. The summed E-state index contributed by atoms with van der Waals surface area (Å²) in [4.78, 5) is 28.2. The highest BCUT2D eigenvalue weighted by Crippen LogP contribution is 2.18. The van der Waals surface area contributed by atoms with Crippen molar-refractivity contribution >= 4 is 28.9 Å². The molecule has 2 amide bonds. The second kappa shape index (κ2) is 9.18. The van der Waals surface area contributed by atoms with E-state index in [1.165, 1.54) is 0 Å². The largest absolute Gasteiger partial charge is 0.397 e. The van der Waals surface area contributed by atoms with Crippen LogP contribution in [0.3, 0.4) is 0 Å². The van der Waals surface area contributed by atoms with Crippen molar-refractivity contribution in [2.24, 2.45) is 0 Å². The van der Waals surface area contributed by atoms with E-state index >= 15 is 0 Å². The fourth-order valence-electron chi connectivity index (χ4n) is 2.49. The smallest absolute Gasteiger partial charge is 0.255 e. The van der Waals surface area contributed by atoms with Crippen molar-refractivity contribution in [3.63, 3.8) is 0 Å². The number of nitrogens with one attached hydrogen (secondary N) is 3. The van der Waals surface area contributed by atoms with Crippen molar-refractivity contribution in [1.29, 1.82) is 0 Å². The van der Waals surface area contributed by atoms with Crippen LogP contribution in [-0.4, -0.2) is 23.3 Å². The molecule has 0 bridgehead atoms. The molecule has 2 aromatic carbocycles. The number of rotatable bonds is 7. The molecule has 3 rings (SSSR count). The van der Waals surface area contributed by atoms with Crippen molar-refractivity contribution in [2.75, 3.05) is 22.9 Å². The van der Waals surface area contributed by atoms with Crippen molar-refractivity contribution in [3.8, 4) is 0 Å². The van der Waals surface area contributed by atoms with Gasteiger partial charge in [-0.1, -0.05) is 24.3 Å². The normalized spacial score (nSPS) is 10.1. The Kier molecular flexibility index (Phi) is 6.20. The van der Waals surface area contributed by atoms with Gasteiger partial charge in [0.05, 0.1) is 23.6 Å². The number of hydrogen-bond donors (Lipinski definition) is 4. The minimum atomic E-state index is -0.242. The van der Waals surface area contributed by atoms with E-state index < -0.39 is 0 Å². The number of carbonyl (C=O) groups is 2. The maximum absolute atomic E-state index is 12.3. The first-order valence-electron chi connectivity index (χ1n) is 8.77. The fourth-order valence-corrected chi connectivity index (χ4v) is 2.49. The maximum atomic E-state index is 12.3. The molecule has 7 heteroatoms. The summed E-state index contributed by atoms with van der Waals surface area (Å²) in [6, 6.07) is 17.8. The summed E-state index contributed by atoms with van der Waals surface area (Å²) in [7, 11) is 0. The van der Waals surface area contributed by atoms with Gasteiger partial charge in [0.1, 0.15) is 0 Å². The van der Waals surface area contributed by atoms with Crippen LogP contribution in [0.15, 0.2) is 73.1 Å².